The Labute approximate surface area is 175 Å². The summed E-state index contributed by atoms with van der Waals surface area (Å²) in [6, 6.07) is 3.59. The van der Waals surface area contributed by atoms with Crippen LogP contribution in [-0.4, -0.2) is 45.7 Å². The van der Waals surface area contributed by atoms with Crippen LogP contribution in [-0.2, 0) is 12.8 Å². The minimum absolute atomic E-state index is 0.0157. The van der Waals surface area contributed by atoms with E-state index in [0.717, 1.165) is 12.1 Å². The number of halogens is 4. The number of nitrogens with zero attached hydrogens (tertiary/aromatic N) is 4. The zero-order chi connectivity index (χ0) is 21.6. The van der Waals surface area contributed by atoms with Crippen molar-refractivity contribution in [1.29, 1.82) is 0 Å². The average Bonchev–Trinajstić information content (AvgIpc) is 3.11. The third-order valence-corrected chi connectivity index (χ3v) is 5.47. The van der Waals surface area contributed by atoms with E-state index >= 15 is 0 Å². The Hall–Kier alpha value is -2.72. The van der Waals surface area contributed by atoms with Crippen molar-refractivity contribution in [3.8, 4) is 0 Å². The summed E-state index contributed by atoms with van der Waals surface area (Å²) >= 11 is 6.31. The fraction of sp³-hybridized carbons (Fsp3) is 0.368. The summed E-state index contributed by atoms with van der Waals surface area (Å²) in [7, 11) is 0. The first kappa shape index (κ1) is 20.5. The van der Waals surface area contributed by atoms with Gasteiger partial charge in [-0.25, -0.2) is 9.97 Å². The highest BCUT2D eigenvalue weighted by Gasteiger charge is 2.32. The third kappa shape index (κ3) is 3.72. The molecule has 3 heterocycles. The molecule has 1 saturated heterocycles. The molecule has 1 unspecified atom stereocenters. The molecule has 1 aromatic carbocycles. The highest BCUT2D eigenvalue weighted by molar-refractivity contribution is 6.33. The van der Waals surface area contributed by atoms with Crippen molar-refractivity contribution in [1.82, 2.24) is 15.0 Å². The minimum atomic E-state index is -4.48. The summed E-state index contributed by atoms with van der Waals surface area (Å²) in [4.78, 5) is 15.8. The number of rotatable bonds is 3. The fourth-order valence-corrected chi connectivity index (χ4v) is 3.99. The van der Waals surface area contributed by atoms with E-state index < -0.39 is 11.7 Å². The number of nitrogens with one attached hydrogen (secondary N) is 1. The summed E-state index contributed by atoms with van der Waals surface area (Å²) in [5.41, 5.74) is 6.18. The van der Waals surface area contributed by atoms with Gasteiger partial charge in [-0.2, -0.15) is 13.2 Å². The number of aliphatic hydroxyl groups is 1. The Kier molecular flexibility index (Phi) is 5.15. The molecule has 160 valence electrons. The number of aliphatic hydroxyl groups excluding tert-OH is 1. The van der Waals surface area contributed by atoms with Gasteiger partial charge in [-0.05, 0) is 30.7 Å². The second kappa shape index (κ2) is 7.51. The van der Waals surface area contributed by atoms with Crippen LogP contribution in [0.25, 0.3) is 11.0 Å². The molecule has 7 nitrogen and oxygen atoms in total. The first-order valence-corrected chi connectivity index (χ1v) is 9.68. The number of imidazole rings is 1. The number of hydrogen-bond acceptors (Lipinski definition) is 6. The molecule has 11 heteroatoms. The van der Waals surface area contributed by atoms with Gasteiger partial charge in [-0.15, -0.1) is 0 Å². The molecule has 3 aromatic rings. The lowest BCUT2D eigenvalue weighted by molar-refractivity contribution is -0.137. The number of pyridine rings is 1. The van der Waals surface area contributed by atoms with Crippen molar-refractivity contribution < 1.29 is 18.3 Å². The minimum Gasteiger partial charge on any atom is -0.397 e. The normalized spacial score (nSPS) is 17.7. The summed E-state index contributed by atoms with van der Waals surface area (Å²) < 4.78 is 39.2. The Morgan fingerprint density at radius 3 is 2.70 bits per heavy atom. The lowest BCUT2D eigenvalue weighted by Gasteiger charge is -2.40. The van der Waals surface area contributed by atoms with E-state index in [1.54, 1.807) is 12.3 Å². The van der Waals surface area contributed by atoms with Crippen molar-refractivity contribution in [2.45, 2.75) is 25.7 Å². The van der Waals surface area contributed by atoms with Crippen molar-refractivity contribution in [2.75, 3.05) is 35.2 Å². The van der Waals surface area contributed by atoms with Crippen LogP contribution in [0.15, 0.2) is 24.4 Å². The van der Waals surface area contributed by atoms with Crippen molar-refractivity contribution in [3.05, 3.63) is 40.5 Å². The number of benzene rings is 1. The summed E-state index contributed by atoms with van der Waals surface area (Å²) in [5, 5.41) is 9.66. The number of H-pyrrole nitrogens is 1. The van der Waals surface area contributed by atoms with Gasteiger partial charge in [0.15, 0.2) is 0 Å². The first-order valence-electron chi connectivity index (χ1n) is 9.30. The van der Waals surface area contributed by atoms with Crippen LogP contribution in [0.1, 0.15) is 18.1 Å². The van der Waals surface area contributed by atoms with E-state index in [1.165, 1.54) is 0 Å². The molecule has 0 aliphatic carbocycles. The zero-order valence-corrected chi connectivity index (χ0v) is 16.8. The van der Waals surface area contributed by atoms with Crippen LogP contribution < -0.4 is 15.5 Å². The number of fused-ring (bicyclic) bond motifs is 1. The molecular formula is C19H20ClF3N6O. The molecule has 0 radical (unpaired) electrons. The largest absolute Gasteiger partial charge is 0.416 e. The van der Waals surface area contributed by atoms with Gasteiger partial charge in [0.1, 0.15) is 11.3 Å². The van der Waals surface area contributed by atoms with Crippen LogP contribution in [0.3, 0.4) is 0 Å². The molecule has 0 amide bonds. The first-order chi connectivity index (χ1) is 14.2. The number of anilines is 3. The monoisotopic (exact) mass is 440 g/mol. The van der Waals surface area contributed by atoms with E-state index in [0.29, 0.717) is 47.5 Å². The maximum absolute atomic E-state index is 13.1. The Morgan fingerprint density at radius 1 is 1.30 bits per heavy atom. The Balaban J connectivity index is 1.58. The quantitative estimate of drug-likeness (QED) is 0.540. The predicted molar refractivity (Wildman–Crippen MR) is 110 cm³/mol. The van der Waals surface area contributed by atoms with Crippen molar-refractivity contribution in [3.63, 3.8) is 0 Å². The SMILES string of the molecule is CC1CN(c2ncc(CO)cc2Cl)CCN1c1nc2c(N)cc(C(F)(F)F)cc2[nH]1. The topological polar surface area (TPSA) is 94.3 Å². The van der Waals surface area contributed by atoms with Crippen LogP contribution in [0.2, 0.25) is 5.02 Å². The van der Waals surface area contributed by atoms with E-state index in [1.807, 2.05) is 16.7 Å². The second-order valence-electron chi connectivity index (χ2n) is 7.32. The van der Waals surface area contributed by atoms with Gasteiger partial charge >= 0.3 is 6.18 Å². The van der Waals surface area contributed by atoms with E-state index in [9.17, 15) is 18.3 Å². The number of nitrogen functional groups attached to an aromatic ring is 1. The molecule has 1 aliphatic heterocycles. The van der Waals surface area contributed by atoms with Gasteiger partial charge in [0.05, 0.1) is 28.4 Å². The number of piperazine rings is 1. The van der Waals surface area contributed by atoms with E-state index in [2.05, 4.69) is 15.0 Å². The van der Waals surface area contributed by atoms with Gasteiger partial charge in [-0.1, -0.05) is 11.6 Å². The lowest BCUT2D eigenvalue weighted by Crippen LogP contribution is -2.52. The molecular weight excluding hydrogens is 421 g/mol. The van der Waals surface area contributed by atoms with E-state index in [4.69, 9.17) is 17.3 Å². The number of hydrogen-bond donors (Lipinski definition) is 3. The standard InChI is InChI=1S/C19H20ClF3N6O/c1-10-8-28(17-13(20)4-11(9-30)7-25-17)2-3-29(10)18-26-15-6-12(19(21,22)23)5-14(24)16(15)27-18/h4-7,10,30H,2-3,8-9,24H2,1H3,(H,26,27). The van der Waals surface area contributed by atoms with Gasteiger partial charge < -0.3 is 25.6 Å². The Bertz CT molecular complexity index is 1090. The van der Waals surface area contributed by atoms with Gasteiger partial charge in [0.2, 0.25) is 5.95 Å². The highest BCUT2D eigenvalue weighted by atomic mass is 35.5. The van der Waals surface area contributed by atoms with Crippen LogP contribution in [0.5, 0.6) is 0 Å². The molecule has 0 saturated carbocycles. The Morgan fingerprint density at radius 2 is 2.07 bits per heavy atom. The molecule has 2 aromatic heterocycles. The molecule has 30 heavy (non-hydrogen) atoms. The number of nitrogens with two attached hydrogens (primary N) is 1. The van der Waals surface area contributed by atoms with Gasteiger partial charge in [0.25, 0.3) is 0 Å². The maximum atomic E-state index is 13.1. The van der Waals surface area contributed by atoms with Gasteiger partial charge in [0, 0.05) is 31.9 Å². The summed E-state index contributed by atoms with van der Waals surface area (Å²) in [6.45, 7) is 3.59. The van der Waals surface area contributed by atoms with Crippen molar-refractivity contribution in [2.24, 2.45) is 0 Å². The second-order valence-corrected chi connectivity index (χ2v) is 7.72. The molecule has 0 spiro atoms. The number of alkyl halides is 3. The summed E-state index contributed by atoms with van der Waals surface area (Å²) in [5.74, 6) is 1.10. The molecule has 1 aliphatic rings. The number of aromatic nitrogens is 3. The maximum Gasteiger partial charge on any atom is 0.416 e. The number of aromatic amines is 1. The summed E-state index contributed by atoms with van der Waals surface area (Å²) in [6.07, 6.45) is -2.90. The molecule has 4 rings (SSSR count). The van der Waals surface area contributed by atoms with Crippen LogP contribution >= 0.6 is 11.6 Å². The van der Waals surface area contributed by atoms with E-state index in [-0.39, 0.29) is 23.9 Å². The molecule has 1 fully saturated rings. The van der Waals surface area contributed by atoms with Crippen molar-refractivity contribution >= 4 is 40.1 Å². The predicted octanol–water partition coefficient (Wildman–Crippen LogP) is 3.42. The zero-order valence-electron chi connectivity index (χ0n) is 16.0. The molecule has 1 atom stereocenters. The third-order valence-electron chi connectivity index (χ3n) is 5.19. The average molecular weight is 441 g/mol. The fourth-order valence-electron chi connectivity index (χ4n) is 3.69. The molecule has 0 bridgehead atoms. The molecule has 4 N–H and O–H groups in total. The van der Waals surface area contributed by atoms with Gasteiger partial charge in [-0.3, -0.25) is 0 Å². The van der Waals surface area contributed by atoms with Crippen LogP contribution in [0, 0.1) is 0 Å². The smallest absolute Gasteiger partial charge is 0.397 e. The lowest BCUT2D eigenvalue weighted by atomic mass is 10.1. The highest BCUT2D eigenvalue weighted by Crippen LogP contribution is 2.35. The van der Waals surface area contributed by atoms with Crippen LogP contribution in [0.4, 0.5) is 30.6 Å².